The number of piperidine rings is 1. The van der Waals surface area contributed by atoms with Gasteiger partial charge in [0.1, 0.15) is 5.69 Å². The van der Waals surface area contributed by atoms with E-state index in [0.717, 1.165) is 25.1 Å². The second-order valence-corrected chi connectivity index (χ2v) is 7.23. The van der Waals surface area contributed by atoms with Gasteiger partial charge >= 0.3 is 0 Å². The molecule has 0 aliphatic carbocycles. The highest BCUT2D eigenvalue weighted by Gasteiger charge is 2.26. The van der Waals surface area contributed by atoms with Crippen LogP contribution in [-0.4, -0.2) is 39.8 Å². The third kappa shape index (κ3) is 4.07. The Bertz CT molecular complexity index is 797. The van der Waals surface area contributed by atoms with Crippen LogP contribution in [0.3, 0.4) is 0 Å². The average Bonchev–Trinajstić information content (AvgIpc) is 2.63. The summed E-state index contributed by atoms with van der Waals surface area (Å²) in [5.41, 5.74) is 2.33. The number of carbonyl (C=O) groups is 2. The lowest BCUT2D eigenvalue weighted by molar-refractivity contribution is 0.0623. The number of likely N-dealkylation sites (tertiary alicyclic amines) is 1. The Morgan fingerprint density at radius 1 is 1.15 bits per heavy atom. The molecular weight excluding hydrogens is 328 g/mol. The molecule has 136 valence electrons. The van der Waals surface area contributed by atoms with Gasteiger partial charge in [0.15, 0.2) is 0 Å². The maximum Gasteiger partial charge on any atom is 0.275 e. The quantitative estimate of drug-likeness (QED) is 0.921. The van der Waals surface area contributed by atoms with E-state index in [0.29, 0.717) is 23.1 Å². The molecule has 1 saturated heterocycles. The number of hydrogen-bond acceptors (Lipinski definition) is 4. The number of nitrogens with zero attached hydrogens (tertiary/aromatic N) is 3. The van der Waals surface area contributed by atoms with E-state index in [4.69, 9.17) is 0 Å². The molecule has 1 aliphatic heterocycles. The van der Waals surface area contributed by atoms with Crippen molar-refractivity contribution < 1.29 is 9.59 Å². The van der Waals surface area contributed by atoms with Gasteiger partial charge in [0.25, 0.3) is 11.8 Å². The van der Waals surface area contributed by atoms with E-state index in [1.54, 1.807) is 6.07 Å². The zero-order valence-corrected chi connectivity index (χ0v) is 15.4. The number of nitrogens with one attached hydrogen (secondary N) is 1. The molecule has 1 N–H and O–H groups in total. The van der Waals surface area contributed by atoms with Crippen molar-refractivity contribution in [3.8, 4) is 0 Å². The van der Waals surface area contributed by atoms with Gasteiger partial charge in [-0.15, -0.1) is 0 Å². The lowest BCUT2D eigenvalue weighted by atomic mass is 9.91. The van der Waals surface area contributed by atoms with E-state index in [9.17, 15) is 9.59 Å². The van der Waals surface area contributed by atoms with E-state index < -0.39 is 0 Å². The number of benzene rings is 1. The van der Waals surface area contributed by atoms with Crippen molar-refractivity contribution in [1.29, 1.82) is 0 Å². The Hall–Kier alpha value is -2.76. The Morgan fingerprint density at radius 3 is 2.54 bits per heavy atom. The largest absolute Gasteiger partial charge is 0.338 e. The van der Waals surface area contributed by atoms with Gasteiger partial charge in [-0.05, 0) is 42.9 Å². The Morgan fingerprint density at radius 2 is 1.88 bits per heavy atom. The lowest BCUT2D eigenvalue weighted by Gasteiger charge is -2.35. The minimum atomic E-state index is -0.342. The average molecular weight is 352 g/mol. The van der Waals surface area contributed by atoms with Gasteiger partial charge in [-0.25, -0.2) is 4.98 Å². The third-order valence-electron chi connectivity index (χ3n) is 4.68. The van der Waals surface area contributed by atoms with Gasteiger partial charge < -0.3 is 10.2 Å². The summed E-state index contributed by atoms with van der Waals surface area (Å²) < 4.78 is 0. The first-order valence-corrected chi connectivity index (χ1v) is 8.91. The van der Waals surface area contributed by atoms with Gasteiger partial charge in [0.05, 0.1) is 6.20 Å². The second-order valence-electron chi connectivity index (χ2n) is 7.23. The number of carbonyl (C=O) groups excluding carboxylic acids is 2. The van der Waals surface area contributed by atoms with Crippen LogP contribution in [0.1, 0.15) is 46.7 Å². The monoisotopic (exact) mass is 352 g/mol. The van der Waals surface area contributed by atoms with Gasteiger partial charge in [0.2, 0.25) is 0 Å². The number of amides is 2. The van der Waals surface area contributed by atoms with Gasteiger partial charge in [0, 0.05) is 36.7 Å². The number of aromatic nitrogens is 2. The number of hydrogen-bond donors (Lipinski definition) is 1. The summed E-state index contributed by atoms with van der Waals surface area (Å²) in [6.07, 6.45) is 5.55. The minimum Gasteiger partial charge on any atom is -0.338 e. The SMILES string of the molecule is Cc1ccc(C(=O)N2C[C@@H](C)C[C@H](C)C2)cc1NC(=O)c1cnccn1. The molecule has 3 rings (SSSR count). The molecule has 1 aromatic carbocycles. The Labute approximate surface area is 153 Å². The molecule has 2 heterocycles. The van der Waals surface area contributed by atoms with E-state index in [1.165, 1.54) is 18.6 Å². The van der Waals surface area contributed by atoms with Gasteiger partial charge in [-0.2, -0.15) is 0 Å². The zero-order chi connectivity index (χ0) is 18.7. The van der Waals surface area contributed by atoms with Crippen molar-refractivity contribution in [2.24, 2.45) is 11.8 Å². The first-order chi connectivity index (χ1) is 12.4. The highest BCUT2D eigenvalue weighted by Crippen LogP contribution is 2.24. The van der Waals surface area contributed by atoms with Crippen molar-refractivity contribution in [2.45, 2.75) is 27.2 Å². The highest BCUT2D eigenvalue weighted by atomic mass is 16.2. The fourth-order valence-corrected chi connectivity index (χ4v) is 3.50. The summed E-state index contributed by atoms with van der Waals surface area (Å²) in [5, 5.41) is 2.83. The van der Waals surface area contributed by atoms with E-state index >= 15 is 0 Å². The van der Waals surface area contributed by atoms with Crippen molar-refractivity contribution in [3.63, 3.8) is 0 Å². The molecule has 0 unspecified atom stereocenters. The zero-order valence-electron chi connectivity index (χ0n) is 15.4. The second kappa shape index (κ2) is 7.64. The topological polar surface area (TPSA) is 75.2 Å². The molecule has 1 aliphatic rings. The molecule has 2 aromatic rings. The summed E-state index contributed by atoms with van der Waals surface area (Å²) in [7, 11) is 0. The van der Waals surface area contributed by atoms with Crippen LogP contribution >= 0.6 is 0 Å². The van der Waals surface area contributed by atoms with Gasteiger partial charge in [-0.3, -0.25) is 14.6 Å². The van der Waals surface area contributed by atoms with Crippen LogP contribution in [0, 0.1) is 18.8 Å². The van der Waals surface area contributed by atoms with E-state index in [-0.39, 0.29) is 17.5 Å². The number of anilines is 1. The summed E-state index contributed by atoms with van der Waals surface area (Å²) in [6, 6.07) is 5.42. The molecule has 6 heteroatoms. The molecule has 26 heavy (non-hydrogen) atoms. The van der Waals surface area contributed by atoms with E-state index in [1.807, 2.05) is 24.0 Å². The summed E-state index contributed by atoms with van der Waals surface area (Å²) in [4.78, 5) is 35.1. The molecule has 0 spiro atoms. The normalized spacial score (nSPS) is 19.9. The Balaban J connectivity index is 1.79. The van der Waals surface area contributed by atoms with Crippen LogP contribution in [0.2, 0.25) is 0 Å². The summed E-state index contributed by atoms with van der Waals surface area (Å²) >= 11 is 0. The fraction of sp³-hybridized carbons (Fsp3) is 0.400. The van der Waals surface area contributed by atoms with E-state index in [2.05, 4.69) is 29.1 Å². The molecular formula is C20H24N4O2. The molecule has 6 nitrogen and oxygen atoms in total. The fourth-order valence-electron chi connectivity index (χ4n) is 3.50. The van der Waals surface area contributed by atoms with Crippen LogP contribution in [-0.2, 0) is 0 Å². The first-order valence-electron chi connectivity index (χ1n) is 8.91. The summed E-state index contributed by atoms with van der Waals surface area (Å²) in [6.45, 7) is 7.80. The molecule has 1 fully saturated rings. The standard InChI is InChI=1S/C20H24N4O2/c1-13-8-14(2)12-24(11-13)20(26)16-5-4-15(3)17(9-16)23-19(25)18-10-21-6-7-22-18/h4-7,9-10,13-14H,8,11-12H2,1-3H3,(H,23,25)/t13-,14-/m0/s1. The summed E-state index contributed by atoms with van der Waals surface area (Å²) in [5.74, 6) is 0.678. The van der Waals surface area contributed by atoms with Crippen LogP contribution in [0.4, 0.5) is 5.69 Å². The van der Waals surface area contributed by atoms with Crippen LogP contribution in [0.25, 0.3) is 0 Å². The van der Waals surface area contributed by atoms with Crippen LogP contribution in [0.5, 0.6) is 0 Å². The van der Waals surface area contributed by atoms with Crippen LogP contribution < -0.4 is 5.32 Å². The van der Waals surface area contributed by atoms with Crippen molar-refractivity contribution >= 4 is 17.5 Å². The highest BCUT2D eigenvalue weighted by molar-refractivity contribution is 6.04. The minimum absolute atomic E-state index is 0.0124. The van der Waals surface area contributed by atoms with Crippen molar-refractivity contribution in [2.75, 3.05) is 18.4 Å². The van der Waals surface area contributed by atoms with Crippen molar-refractivity contribution in [3.05, 3.63) is 53.6 Å². The number of aryl methyl sites for hydroxylation is 1. The first kappa shape index (κ1) is 18.0. The number of rotatable bonds is 3. The Kier molecular flexibility index (Phi) is 5.30. The lowest BCUT2D eigenvalue weighted by Crippen LogP contribution is -2.42. The van der Waals surface area contributed by atoms with Gasteiger partial charge in [-0.1, -0.05) is 19.9 Å². The van der Waals surface area contributed by atoms with Crippen molar-refractivity contribution in [1.82, 2.24) is 14.9 Å². The predicted octanol–water partition coefficient (Wildman–Crippen LogP) is 3.16. The van der Waals surface area contributed by atoms with Crippen LogP contribution in [0.15, 0.2) is 36.8 Å². The molecule has 0 radical (unpaired) electrons. The predicted molar refractivity (Wildman–Crippen MR) is 100 cm³/mol. The molecule has 1 aromatic heterocycles. The molecule has 0 bridgehead atoms. The molecule has 0 saturated carbocycles. The third-order valence-corrected chi connectivity index (χ3v) is 4.68. The molecule has 2 amide bonds. The maximum atomic E-state index is 12.9. The maximum absolute atomic E-state index is 12.9. The molecule has 2 atom stereocenters. The smallest absolute Gasteiger partial charge is 0.275 e.